The number of aromatic nitrogens is 4. The lowest BCUT2D eigenvalue weighted by Gasteiger charge is -2.43. The fourth-order valence-electron chi connectivity index (χ4n) is 6.74. The summed E-state index contributed by atoms with van der Waals surface area (Å²) in [4.78, 5) is 21.6. The van der Waals surface area contributed by atoms with Gasteiger partial charge in [0.1, 0.15) is 16.8 Å². The van der Waals surface area contributed by atoms with Crippen LogP contribution in [0.4, 0.5) is 16.6 Å². The summed E-state index contributed by atoms with van der Waals surface area (Å²) in [5.41, 5.74) is 3.24. The first-order valence-electron chi connectivity index (χ1n) is 17.4. The Morgan fingerprint density at radius 1 is 0.922 bits per heavy atom. The molecule has 1 atom stereocenters. The molecule has 5 rings (SSSR count). The molecule has 2 aromatic heterocycles. The molecule has 0 unspecified atom stereocenters. The van der Waals surface area contributed by atoms with Gasteiger partial charge in [-0.15, -0.1) is 0 Å². The van der Waals surface area contributed by atoms with Gasteiger partial charge in [-0.25, -0.2) is 9.78 Å². The monoisotopic (exact) mass is 710 g/mol. The minimum absolute atomic E-state index is 0.000193. The molecule has 0 aliphatic heterocycles. The number of hydrogen-bond acceptors (Lipinski definition) is 9. The SMILES string of the molecule is CCC[C@@H](CCO[Si](c1ccccc1)(c1ccccc1)C(C)(C)C)Nc1nc(NC(=O)OC)nc2cnn(Cc3cc(COC)ccc3OC)c12. The van der Waals surface area contributed by atoms with Crippen LogP contribution in [0.1, 0.15) is 58.1 Å². The Morgan fingerprint density at radius 2 is 1.61 bits per heavy atom. The Labute approximate surface area is 301 Å². The predicted molar refractivity (Wildman–Crippen MR) is 205 cm³/mol. The molecule has 11 nitrogen and oxygen atoms in total. The number of nitrogens with zero attached hydrogens (tertiary/aromatic N) is 4. The van der Waals surface area contributed by atoms with E-state index in [0.717, 1.165) is 36.1 Å². The maximum absolute atomic E-state index is 12.2. The molecule has 0 saturated carbocycles. The highest BCUT2D eigenvalue weighted by atomic mass is 28.4. The molecule has 0 aliphatic rings. The molecule has 0 fully saturated rings. The highest BCUT2D eigenvalue weighted by molar-refractivity contribution is 6.99. The minimum atomic E-state index is -2.72. The molecule has 3 aromatic carbocycles. The number of rotatable bonds is 16. The topological polar surface area (TPSA) is 122 Å². The van der Waals surface area contributed by atoms with Crippen molar-refractivity contribution in [3.8, 4) is 5.75 Å². The number of carbonyl (C=O) groups is 1. The molecule has 5 aromatic rings. The van der Waals surface area contributed by atoms with E-state index in [2.05, 4.69) is 110 Å². The number of amides is 1. The van der Waals surface area contributed by atoms with E-state index in [4.69, 9.17) is 28.7 Å². The first kappa shape index (κ1) is 37.5. The van der Waals surface area contributed by atoms with Gasteiger partial charge in [-0.05, 0) is 45.9 Å². The van der Waals surface area contributed by atoms with Crippen molar-refractivity contribution in [3.05, 3.63) is 96.2 Å². The molecular weight excluding hydrogens is 661 g/mol. The minimum Gasteiger partial charge on any atom is -0.496 e. The van der Waals surface area contributed by atoms with Gasteiger partial charge in [0.2, 0.25) is 5.95 Å². The van der Waals surface area contributed by atoms with Crippen LogP contribution in [0, 0.1) is 0 Å². The zero-order valence-electron chi connectivity index (χ0n) is 30.7. The summed E-state index contributed by atoms with van der Waals surface area (Å²) < 4.78 is 25.0. The predicted octanol–water partition coefficient (Wildman–Crippen LogP) is 6.76. The average Bonchev–Trinajstić information content (AvgIpc) is 3.53. The zero-order valence-corrected chi connectivity index (χ0v) is 31.7. The third kappa shape index (κ3) is 8.58. The Hall–Kier alpha value is -4.78. The molecule has 2 heterocycles. The number of methoxy groups -OCH3 is 3. The summed E-state index contributed by atoms with van der Waals surface area (Å²) in [6, 6.07) is 27.3. The fourth-order valence-corrected chi connectivity index (χ4v) is 11.3. The quantitative estimate of drug-likeness (QED) is 0.107. The van der Waals surface area contributed by atoms with Crippen LogP contribution in [0.3, 0.4) is 0 Å². The van der Waals surface area contributed by atoms with Crippen molar-refractivity contribution in [2.24, 2.45) is 0 Å². The van der Waals surface area contributed by atoms with Crippen molar-refractivity contribution in [1.82, 2.24) is 19.7 Å². The van der Waals surface area contributed by atoms with Crippen molar-refractivity contribution in [2.75, 3.05) is 38.6 Å². The molecule has 0 radical (unpaired) electrons. The van der Waals surface area contributed by atoms with Gasteiger partial charge in [-0.2, -0.15) is 10.1 Å². The average molecular weight is 711 g/mol. The lowest BCUT2D eigenvalue weighted by atomic mass is 10.1. The van der Waals surface area contributed by atoms with E-state index in [1.54, 1.807) is 20.4 Å². The summed E-state index contributed by atoms with van der Waals surface area (Å²) in [6.07, 6.45) is 3.57. The van der Waals surface area contributed by atoms with Crippen molar-refractivity contribution in [1.29, 1.82) is 0 Å². The fraction of sp³-hybridized carbons (Fsp3) is 0.385. The van der Waals surface area contributed by atoms with E-state index in [9.17, 15) is 4.79 Å². The van der Waals surface area contributed by atoms with E-state index >= 15 is 0 Å². The van der Waals surface area contributed by atoms with Crippen LogP contribution in [0.5, 0.6) is 5.75 Å². The van der Waals surface area contributed by atoms with Gasteiger partial charge < -0.3 is 24.0 Å². The Bertz CT molecular complexity index is 1840. The number of nitrogens with one attached hydrogen (secondary N) is 2. The van der Waals surface area contributed by atoms with Crippen molar-refractivity contribution >= 4 is 47.6 Å². The van der Waals surface area contributed by atoms with Gasteiger partial charge in [0.25, 0.3) is 8.32 Å². The van der Waals surface area contributed by atoms with E-state index in [-0.39, 0.29) is 17.0 Å². The van der Waals surface area contributed by atoms with E-state index in [1.807, 2.05) is 16.8 Å². The summed E-state index contributed by atoms with van der Waals surface area (Å²) in [7, 11) is 1.91. The molecule has 1 amide bonds. The molecule has 12 heteroatoms. The van der Waals surface area contributed by atoms with Gasteiger partial charge >= 0.3 is 6.09 Å². The van der Waals surface area contributed by atoms with Gasteiger partial charge in [0, 0.05) is 25.3 Å². The number of ether oxygens (including phenoxy) is 3. The molecule has 0 aliphatic carbocycles. The first-order chi connectivity index (χ1) is 24.6. The smallest absolute Gasteiger partial charge is 0.413 e. The van der Waals surface area contributed by atoms with Crippen molar-refractivity contribution in [2.45, 2.75) is 71.2 Å². The van der Waals surface area contributed by atoms with E-state index in [0.29, 0.717) is 36.6 Å². The second-order valence-corrected chi connectivity index (χ2v) is 17.9. The molecule has 270 valence electrons. The third-order valence-electron chi connectivity index (χ3n) is 9.04. The second-order valence-electron chi connectivity index (χ2n) is 13.6. The van der Waals surface area contributed by atoms with Gasteiger partial charge in [0.15, 0.2) is 5.82 Å². The summed E-state index contributed by atoms with van der Waals surface area (Å²) in [6.45, 7) is 10.4. The molecule has 51 heavy (non-hydrogen) atoms. The van der Waals surface area contributed by atoms with E-state index < -0.39 is 14.4 Å². The number of anilines is 2. The van der Waals surface area contributed by atoms with Crippen LogP contribution in [0.25, 0.3) is 11.0 Å². The summed E-state index contributed by atoms with van der Waals surface area (Å²) >= 11 is 0. The Balaban J connectivity index is 1.49. The highest BCUT2D eigenvalue weighted by Crippen LogP contribution is 2.37. The number of hydrogen-bond donors (Lipinski definition) is 2. The van der Waals surface area contributed by atoms with E-state index in [1.165, 1.54) is 17.5 Å². The standard InChI is InChI=1S/C39H50N6O5Si/c1-8-15-30(22-23-50-51(39(2,3)4,31-16-11-9-12-17-31)32-18-13-10-14-19-32)41-36-35-33(42-37(43-36)44-38(46)49-7)25-40-45(35)26-29-24-28(27-47-5)20-21-34(29)48-6/h9-14,16-21,24-25,30H,8,15,22-23,26-27H2,1-7H3,(H2,41,42,43,44,46)/t30-/m0/s1. The van der Waals surface area contributed by atoms with Crippen molar-refractivity contribution in [3.63, 3.8) is 0 Å². The molecule has 2 N–H and O–H groups in total. The van der Waals surface area contributed by atoms with Crippen LogP contribution in [0.15, 0.2) is 85.1 Å². The largest absolute Gasteiger partial charge is 0.496 e. The molecular formula is C39H50N6O5Si. The lowest BCUT2D eigenvalue weighted by molar-refractivity contribution is 0.184. The van der Waals surface area contributed by atoms with Gasteiger partial charge in [-0.3, -0.25) is 10.00 Å². The van der Waals surface area contributed by atoms with Crippen molar-refractivity contribution < 1.29 is 23.4 Å². The number of benzene rings is 3. The zero-order chi connectivity index (χ0) is 36.4. The second kappa shape index (κ2) is 17.0. The summed E-state index contributed by atoms with van der Waals surface area (Å²) in [5, 5.41) is 13.4. The number of fused-ring (bicyclic) bond motifs is 1. The maximum Gasteiger partial charge on any atom is 0.413 e. The van der Waals surface area contributed by atoms with Crippen LogP contribution >= 0.6 is 0 Å². The molecule has 0 spiro atoms. The lowest BCUT2D eigenvalue weighted by Crippen LogP contribution is -2.66. The Kier molecular flexibility index (Phi) is 12.5. The number of carbonyl (C=O) groups excluding carboxylic acids is 1. The Morgan fingerprint density at radius 3 is 2.20 bits per heavy atom. The normalized spacial score (nSPS) is 12.5. The van der Waals surface area contributed by atoms with Crippen LogP contribution in [-0.2, 0) is 27.1 Å². The molecule has 0 saturated heterocycles. The molecule has 0 bridgehead atoms. The van der Waals surface area contributed by atoms with Crippen LogP contribution in [-0.4, -0.2) is 68.1 Å². The van der Waals surface area contributed by atoms with Gasteiger partial charge in [-0.1, -0.05) is 101 Å². The third-order valence-corrected chi connectivity index (χ3v) is 14.1. The highest BCUT2D eigenvalue weighted by Gasteiger charge is 2.50. The van der Waals surface area contributed by atoms with Crippen LogP contribution in [0.2, 0.25) is 5.04 Å². The maximum atomic E-state index is 12.2. The van der Waals surface area contributed by atoms with Crippen LogP contribution < -0.4 is 25.7 Å². The summed E-state index contributed by atoms with van der Waals surface area (Å²) in [5.74, 6) is 1.41. The van der Waals surface area contributed by atoms with Gasteiger partial charge in [0.05, 0.1) is 33.6 Å². The first-order valence-corrected chi connectivity index (χ1v) is 19.3.